The van der Waals surface area contributed by atoms with Crippen molar-refractivity contribution >= 4 is 85.7 Å². The quantitative estimate of drug-likeness (QED) is 0.0462. The molecule has 27 heteroatoms. The minimum Gasteiger partial charge on any atom is -0.480 e. The number of halogens is 4. The van der Waals surface area contributed by atoms with Crippen LogP contribution in [-0.2, 0) is 35.7 Å². The first kappa shape index (κ1) is 64.4. The smallest absolute Gasteiger partial charge is 0.415 e. The van der Waals surface area contributed by atoms with Crippen LogP contribution in [0.4, 0.5) is 65.0 Å². The fourth-order valence-electron chi connectivity index (χ4n) is 8.86. The van der Waals surface area contributed by atoms with Gasteiger partial charge in [-0.05, 0) is 139 Å². The SMILES string of the molecule is COc1ccc(NC(=O)c2c(N(Cc3c(F)cccc3F)C(=O)OC(C)C)sc(-c3ccc(NC(=O)Nc4ccc(-c5sc(N(Cc6c(F)cccc6F)C(=O)OC(C)C)c(C(=O)Nc6ccc(OC)nn6)c5CN(C)C)cc4)cc3)c2CN(C)C)nn1. The molecule has 0 radical (unpaired) electrons. The zero-order valence-corrected chi connectivity index (χ0v) is 51.1. The molecule has 0 aliphatic rings. The van der Waals surface area contributed by atoms with E-state index in [1.165, 1.54) is 50.6 Å². The second kappa shape index (κ2) is 28.7. The number of carbonyl (C=O) groups is 5. The summed E-state index contributed by atoms with van der Waals surface area (Å²) in [5.74, 6) is -4.69. The third-order valence-electron chi connectivity index (χ3n) is 12.7. The highest BCUT2D eigenvalue weighted by Crippen LogP contribution is 2.46. The predicted octanol–water partition coefficient (Wildman–Crippen LogP) is 12.7. The predicted molar refractivity (Wildman–Crippen MR) is 328 cm³/mol. The molecular formula is C61H62F4N12O9S2. The Balaban J connectivity index is 1.12. The number of aromatic nitrogens is 4. The molecule has 8 rings (SSSR count). The maximum atomic E-state index is 15.4. The van der Waals surface area contributed by atoms with Gasteiger partial charge in [-0.15, -0.1) is 43.1 Å². The van der Waals surface area contributed by atoms with Crippen molar-refractivity contribution in [1.82, 2.24) is 30.2 Å². The Morgan fingerprint density at radius 1 is 0.466 bits per heavy atom. The highest BCUT2D eigenvalue weighted by molar-refractivity contribution is 7.20. The first-order valence-electron chi connectivity index (χ1n) is 27.1. The van der Waals surface area contributed by atoms with Gasteiger partial charge in [0.1, 0.15) is 33.3 Å². The van der Waals surface area contributed by atoms with Crippen LogP contribution in [0.1, 0.15) is 70.7 Å². The Morgan fingerprint density at radius 2 is 0.818 bits per heavy atom. The van der Waals surface area contributed by atoms with Gasteiger partial charge < -0.3 is 50.0 Å². The van der Waals surface area contributed by atoms with Crippen molar-refractivity contribution in [1.29, 1.82) is 0 Å². The summed E-state index contributed by atoms with van der Waals surface area (Å²) in [6.45, 7) is 5.41. The largest absolute Gasteiger partial charge is 0.480 e. The van der Waals surface area contributed by atoms with Crippen LogP contribution in [0.3, 0.4) is 0 Å². The van der Waals surface area contributed by atoms with Crippen LogP contribution in [0.15, 0.2) is 109 Å². The number of amides is 6. The Hall–Kier alpha value is -9.57. The van der Waals surface area contributed by atoms with Crippen LogP contribution in [-0.4, -0.2) is 115 Å². The molecule has 0 spiro atoms. The summed E-state index contributed by atoms with van der Waals surface area (Å²) >= 11 is 2.02. The molecule has 6 amide bonds. The molecule has 4 N–H and O–H groups in total. The lowest BCUT2D eigenvalue weighted by molar-refractivity contribution is 0.101. The summed E-state index contributed by atoms with van der Waals surface area (Å²) < 4.78 is 83.1. The lowest BCUT2D eigenvalue weighted by Gasteiger charge is -2.24. The van der Waals surface area contributed by atoms with E-state index in [2.05, 4.69) is 41.7 Å². The zero-order valence-electron chi connectivity index (χ0n) is 49.5. The minimum atomic E-state index is -0.977. The molecule has 21 nitrogen and oxygen atoms in total. The van der Waals surface area contributed by atoms with Crippen molar-refractivity contribution in [2.24, 2.45) is 0 Å². The fraction of sp³-hybridized carbons (Fsp3) is 0.262. The standard InChI is InChI=1S/C61H62F4N12O9S2/c1-33(2)85-60(81)76(31-39-43(62)13-11-14-44(39)63)57-51(55(78)68-47-25-27-49(83-9)72-70-47)41(29-74(5)6)53(87-57)35-17-21-37(22-18-35)66-59(80)67-38-23-19-36(20-24-38)54-42(30-75(7)8)52(56(79)69-48-26-28-50(84-10)73-71-48)58(88-54)77(61(82)86-34(3)4)32-40-45(64)15-12-16-46(40)65/h11-28,33-34H,29-32H2,1-10H3,(H2,66,67,80)(H,68,70,78)(H,69,71,79). The van der Waals surface area contributed by atoms with Gasteiger partial charge in [0.25, 0.3) is 11.8 Å². The number of nitrogens with zero attached hydrogens (tertiary/aromatic N) is 8. The van der Waals surface area contributed by atoms with Gasteiger partial charge in [0.05, 0.1) is 50.6 Å². The van der Waals surface area contributed by atoms with E-state index in [9.17, 15) is 24.0 Å². The zero-order chi connectivity index (χ0) is 63.5. The van der Waals surface area contributed by atoms with Crippen LogP contribution in [0.25, 0.3) is 20.9 Å². The number of nitrogens with one attached hydrogen (secondary N) is 4. The number of ether oxygens (including phenoxy) is 4. The lowest BCUT2D eigenvalue weighted by atomic mass is 10.0. The molecule has 0 fully saturated rings. The molecule has 0 aliphatic heterocycles. The van der Waals surface area contributed by atoms with E-state index < -0.39 is 89.7 Å². The van der Waals surface area contributed by atoms with Gasteiger partial charge in [-0.3, -0.25) is 19.4 Å². The van der Waals surface area contributed by atoms with Crippen molar-refractivity contribution in [3.63, 3.8) is 0 Å². The number of hydrogen-bond donors (Lipinski definition) is 4. The molecule has 0 saturated carbocycles. The first-order valence-corrected chi connectivity index (χ1v) is 28.7. The average Bonchev–Trinajstić information content (AvgIpc) is 2.34. The van der Waals surface area contributed by atoms with Crippen molar-refractivity contribution in [3.05, 3.63) is 166 Å². The second-order valence-corrected chi connectivity index (χ2v) is 22.7. The molecule has 0 saturated heterocycles. The summed E-state index contributed by atoms with van der Waals surface area (Å²) in [6.07, 6.45) is -3.29. The number of hydrogen-bond acceptors (Lipinski definition) is 17. The maximum absolute atomic E-state index is 15.4. The summed E-state index contributed by atoms with van der Waals surface area (Å²) in [5.41, 5.74) is 1.73. The van der Waals surface area contributed by atoms with Gasteiger partial charge in [-0.25, -0.2) is 31.9 Å². The number of carbonyl (C=O) groups excluding carboxylic acids is 5. The highest BCUT2D eigenvalue weighted by Gasteiger charge is 2.36. The summed E-state index contributed by atoms with van der Waals surface area (Å²) in [4.78, 5) is 77.8. The van der Waals surface area contributed by atoms with Crippen LogP contribution in [0.5, 0.6) is 11.8 Å². The number of urea groups is 1. The van der Waals surface area contributed by atoms with Crippen molar-refractivity contribution in [2.75, 3.05) is 73.5 Å². The van der Waals surface area contributed by atoms with E-state index in [1.807, 2.05) is 0 Å². The normalized spacial score (nSPS) is 11.2. The van der Waals surface area contributed by atoms with Crippen LogP contribution >= 0.6 is 22.7 Å². The van der Waals surface area contributed by atoms with Gasteiger partial charge in [-0.1, -0.05) is 36.4 Å². The third kappa shape index (κ3) is 15.7. The topological polar surface area (TPSA) is 235 Å². The van der Waals surface area contributed by atoms with Gasteiger partial charge in [0.2, 0.25) is 11.8 Å². The fourth-order valence-corrected chi connectivity index (χ4v) is 11.5. The van der Waals surface area contributed by atoms with Gasteiger partial charge in [0.15, 0.2) is 11.6 Å². The molecule has 8 aromatic rings. The van der Waals surface area contributed by atoms with E-state index in [4.69, 9.17) is 18.9 Å². The van der Waals surface area contributed by atoms with Crippen LogP contribution in [0.2, 0.25) is 0 Å². The van der Waals surface area contributed by atoms with E-state index in [1.54, 1.807) is 114 Å². The molecule has 0 unspecified atom stereocenters. The molecule has 4 aromatic heterocycles. The number of rotatable bonds is 22. The summed E-state index contributed by atoms with van der Waals surface area (Å²) in [5, 5.41) is 27.1. The van der Waals surface area contributed by atoms with E-state index in [0.717, 1.165) is 56.7 Å². The Morgan fingerprint density at radius 3 is 1.11 bits per heavy atom. The highest BCUT2D eigenvalue weighted by atomic mass is 32.1. The lowest BCUT2D eigenvalue weighted by Crippen LogP contribution is -2.34. The molecule has 0 atom stereocenters. The first-order chi connectivity index (χ1) is 42.0. The van der Waals surface area contributed by atoms with E-state index in [0.29, 0.717) is 43.4 Å². The van der Waals surface area contributed by atoms with E-state index >= 15 is 17.6 Å². The Labute approximate surface area is 512 Å². The minimum absolute atomic E-state index is 0.0101. The number of methoxy groups -OCH3 is 2. The molecule has 4 aromatic carbocycles. The molecule has 4 heterocycles. The number of anilines is 6. The molecule has 0 bridgehead atoms. The van der Waals surface area contributed by atoms with Crippen molar-refractivity contribution in [3.8, 4) is 32.6 Å². The van der Waals surface area contributed by atoms with Crippen LogP contribution in [0, 0.1) is 23.3 Å². The Kier molecular flexibility index (Phi) is 21.0. The summed E-state index contributed by atoms with van der Waals surface area (Å²) in [6, 6.07) is 25.2. The Bertz CT molecular complexity index is 3530. The third-order valence-corrected chi connectivity index (χ3v) is 15.3. The van der Waals surface area contributed by atoms with Crippen LogP contribution < -0.4 is 40.5 Å². The van der Waals surface area contributed by atoms with Crippen molar-refractivity contribution in [2.45, 2.75) is 66.1 Å². The maximum Gasteiger partial charge on any atom is 0.415 e. The molecule has 460 valence electrons. The molecule has 88 heavy (non-hydrogen) atoms. The summed E-state index contributed by atoms with van der Waals surface area (Å²) in [7, 11) is 9.92. The van der Waals surface area contributed by atoms with Gasteiger partial charge >= 0.3 is 18.2 Å². The average molecular weight is 1250 g/mol. The van der Waals surface area contributed by atoms with E-state index in [-0.39, 0.29) is 57.6 Å². The molecular weight excluding hydrogens is 1180 g/mol. The van der Waals surface area contributed by atoms with Gasteiger partial charge in [0, 0.05) is 57.5 Å². The second-order valence-electron chi connectivity index (χ2n) is 20.7. The van der Waals surface area contributed by atoms with Crippen molar-refractivity contribution < 1.29 is 60.5 Å². The number of thiophene rings is 2. The number of benzene rings is 4. The van der Waals surface area contributed by atoms with Gasteiger partial charge in [-0.2, -0.15) is 0 Å². The monoisotopic (exact) mass is 1250 g/mol. The molecule has 0 aliphatic carbocycles.